The van der Waals surface area contributed by atoms with Gasteiger partial charge in [0.1, 0.15) is 0 Å². The second-order valence-corrected chi connectivity index (χ2v) is 7.92. The van der Waals surface area contributed by atoms with Gasteiger partial charge in [0.2, 0.25) is 0 Å². The van der Waals surface area contributed by atoms with Gasteiger partial charge in [0, 0.05) is 30.4 Å². The van der Waals surface area contributed by atoms with Gasteiger partial charge in [0.25, 0.3) is 0 Å². The van der Waals surface area contributed by atoms with Crippen LogP contribution in [0.1, 0.15) is 60.8 Å². The van der Waals surface area contributed by atoms with Gasteiger partial charge in [0.15, 0.2) is 0 Å². The average molecular weight is 379 g/mol. The quantitative estimate of drug-likeness (QED) is 0.685. The lowest BCUT2D eigenvalue weighted by Gasteiger charge is -2.41. The topological polar surface area (TPSA) is 41.6 Å². The summed E-state index contributed by atoms with van der Waals surface area (Å²) in [6, 6.07) is 13.0. The zero-order valence-corrected chi connectivity index (χ0v) is 17.0. The minimum atomic E-state index is -0.344. The highest BCUT2D eigenvalue weighted by Crippen LogP contribution is 2.46. The van der Waals surface area contributed by atoms with Crippen LogP contribution in [0.2, 0.25) is 0 Å². The predicted molar refractivity (Wildman–Crippen MR) is 114 cm³/mol. The molecule has 0 saturated heterocycles. The third-order valence-corrected chi connectivity index (χ3v) is 6.12. The van der Waals surface area contributed by atoms with Crippen molar-refractivity contribution in [1.82, 2.24) is 0 Å². The van der Waals surface area contributed by atoms with Gasteiger partial charge in [-0.1, -0.05) is 43.7 Å². The number of carbonyl (C=O) groups is 1. The van der Waals surface area contributed by atoms with Crippen LogP contribution in [0.4, 0.5) is 16.2 Å². The highest BCUT2D eigenvalue weighted by atomic mass is 16.5. The summed E-state index contributed by atoms with van der Waals surface area (Å²) in [4.78, 5) is 14.8. The smallest absolute Gasteiger partial charge is 0.411 e. The van der Waals surface area contributed by atoms with Crippen molar-refractivity contribution in [2.75, 3.05) is 29.9 Å². The molecule has 1 amide bonds. The third-order valence-electron chi connectivity index (χ3n) is 6.12. The molecule has 1 atom stereocenters. The molecular weight excluding hydrogens is 348 g/mol. The molecule has 2 aliphatic rings. The van der Waals surface area contributed by atoms with E-state index in [1.54, 1.807) is 0 Å². The molecule has 4 rings (SSSR count). The molecule has 148 valence electrons. The Morgan fingerprint density at radius 3 is 2.86 bits per heavy atom. The zero-order valence-electron chi connectivity index (χ0n) is 17.0. The number of ether oxygens (including phenoxy) is 1. The highest BCUT2D eigenvalue weighted by Gasteiger charge is 2.32. The maximum absolute atomic E-state index is 12.3. The average Bonchev–Trinajstić information content (AvgIpc) is 2.72. The van der Waals surface area contributed by atoms with E-state index in [4.69, 9.17) is 4.74 Å². The van der Waals surface area contributed by atoms with E-state index in [2.05, 4.69) is 60.5 Å². The van der Waals surface area contributed by atoms with Crippen molar-refractivity contribution in [3.8, 4) is 0 Å². The number of unbranched alkanes of at least 4 members (excludes halogenated alkanes) is 1. The van der Waals surface area contributed by atoms with Gasteiger partial charge in [-0.3, -0.25) is 5.32 Å². The van der Waals surface area contributed by atoms with Crippen molar-refractivity contribution in [2.24, 2.45) is 0 Å². The lowest BCUT2D eigenvalue weighted by atomic mass is 9.79. The molecule has 1 unspecified atom stereocenters. The van der Waals surface area contributed by atoms with Crippen LogP contribution in [0.5, 0.6) is 0 Å². The van der Waals surface area contributed by atoms with Gasteiger partial charge in [0.05, 0.1) is 6.61 Å². The first-order valence-corrected chi connectivity index (χ1v) is 10.6. The summed E-state index contributed by atoms with van der Waals surface area (Å²) < 4.78 is 5.35. The van der Waals surface area contributed by atoms with Crippen molar-refractivity contribution in [2.45, 2.75) is 51.9 Å². The van der Waals surface area contributed by atoms with E-state index in [9.17, 15) is 4.79 Å². The van der Waals surface area contributed by atoms with Crippen molar-refractivity contribution < 1.29 is 9.53 Å². The van der Waals surface area contributed by atoms with Crippen LogP contribution < -0.4 is 10.2 Å². The van der Waals surface area contributed by atoms with Crippen molar-refractivity contribution in [3.63, 3.8) is 0 Å². The Kier molecular flexibility index (Phi) is 5.56. The largest absolute Gasteiger partial charge is 0.449 e. The number of nitrogens with zero attached hydrogens (tertiary/aromatic N) is 1. The third kappa shape index (κ3) is 3.60. The van der Waals surface area contributed by atoms with Crippen molar-refractivity contribution >= 4 is 17.5 Å². The first-order chi connectivity index (χ1) is 13.7. The normalized spacial score (nSPS) is 17.8. The lowest BCUT2D eigenvalue weighted by Crippen LogP contribution is -2.36. The molecule has 0 aromatic heterocycles. The van der Waals surface area contributed by atoms with E-state index >= 15 is 0 Å². The molecule has 4 nitrogen and oxygen atoms in total. The molecule has 1 N–H and O–H groups in total. The maximum atomic E-state index is 12.3. The maximum Gasteiger partial charge on any atom is 0.411 e. The summed E-state index contributed by atoms with van der Waals surface area (Å²) in [6.45, 7) is 6.93. The molecule has 2 aliphatic heterocycles. The van der Waals surface area contributed by atoms with E-state index in [0.29, 0.717) is 12.5 Å². The van der Waals surface area contributed by atoms with Crippen molar-refractivity contribution in [3.05, 3.63) is 58.7 Å². The van der Waals surface area contributed by atoms with Gasteiger partial charge in [-0.2, -0.15) is 0 Å². The Bertz CT molecular complexity index is 847. The summed E-state index contributed by atoms with van der Waals surface area (Å²) >= 11 is 0. The van der Waals surface area contributed by atoms with Gasteiger partial charge in [-0.25, -0.2) is 4.79 Å². The van der Waals surface area contributed by atoms with Crippen LogP contribution in [-0.4, -0.2) is 25.8 Å². The van der Waals surface area contributed by atoms with Crippen LogP contribution in [0.25, 0.3) is 0 Å². The molecule has 0 aliphatic carbocycles. The fourth-order valence-electron chi connectivity index (χ4n) is 4.63. The van der Waals surface area contributed by atoms with Crippen LogP contribution in [0.15, 0.2) is 36.4 Å². The Labute approximate surface area is 167 Å². The van der Waals surface area contributed by atoms with Crippen LogP contribution >= 0.6 is 0 Å². The van der Waals surface area contributed by atoms with E-state index in [1.807, 2.05) is 0 Å². The summed E-state index contributed by atoms with van der Waals surface area (Å²) in [5.41, 5.74) is 7.60. The zero-order chi connectivity index (χ0) is 19.5. The molecule has 28 heavy (non-hydrogen) atoms. The number of benzene rings is 2. The SMILES string of the molecule is CCCCOC(=O)Nc1cc2c3c(c1C)CCCN3CCC2c1ccccc1. The number of hydrogen-bond acceptors (Lipinski definition) is 3. The molecule has 0 spiro atoms. The van der Waals surface area contributed by atoms with E-state index in [1.165, 1.54) is 34.4 Å². The standard InChI is InChI=1S/C24H30N2O2/c1-3-4-15-28-24(27)25-22-16-21-20(18-9-6-5-7-10-18)12-14-26-13-8-11-19(17(22)2)23(21)26/h5-7,9-10,16,20H,3-4,8,11-15H2,1-2H3,(H,25,27). The summed E-state index contributed by atoms with van der Waals surface area (Å²) in [7, 11) is 0. The Morgan fingerprint density at radius 2 is 2.07 bits per heavy atom. The molecule has 2 heterocycles. The van der Waals surface area contributed by atoms with Crippen LogP contribution in [0.3, 0.4) is 0 Å². The van der Waals surface area contributed by atoms with Crippen molar-refractivity contribution in [1.29, 1.82) is 0 Å². The minimum absolute atomic E-state index is 0.344. The molecule has 4 heteroatoms. The summed E-state index contributed by atoms with van der Waals surface area (Å²) in [6.07, 6.45) is 4.93. The number of amides is 1. The first-order valence-electron chi connectivity index (χ1n) is 10.6. The highest BCUT2D eigenvalue weighted by molar-refractivity contribution is 5.88. The Balaban J connectivity index is 1.71. The fraction of sp³-hybridized carbons (Fsp3) is 0.458. The molecular formula is C24H30N2O2. The molecule has 0 saturated carbocycles. The van der Waals surface area contributed by atoms with Crippen LogP contribution in [-0.2, 0) is 11.2 Å². The summed E-state index contributed by atoms with van der Waals surface area (Å²) in [5, 5.41) is 3.03. The fourth-order valence-corrected chi connectivity index (χ4v) is 4.63. The number of hydrogen-bond donors (Lipinski definition) is 1. The minimum Gasteiger partial charge on any atom is -0.449 e. The second-order valence-electron chi connectivity index (χ2n) is 7.92. The Hall–Kier alpha value is -2.49. The number of carbonyl (C=O) groups excluding carboxylic acids is 1. The second kappa shape index (κ2) is 8.26. The molecule has 0 fully saturated rings. The lowest BCUT2D eigenvalue weighted by molar-refractivity contribution is 0.160. The van der Waals surface area contributed by atoms with E-state index in [0.717, 1.165) is 44.5 Å². The predicted octanol–water partition coefficient (Wildman–Crippen LogP) is 5.63. The molecule has 2 aromatic rings. The molecule has 0 bridgehead atoms. The Morgan fingerprint density at radius 1 is 1.25 bits per heavy atom. The van der Waals surface area contributed by atoms with E-state index in [-0.39, 0.29) is 6.09 Å². The molecule has 0 radical (unpaired) electrons. The van der Waals surface area contributed by atoms with Gasteiger partial charge in [-0.15, -0.1) is 0 Å². The van der Waals surface area contributed by atoms with Crippen LogP contribution in [0, 0.1) is 6.92 Å². The molecule has 2 aromatic carbocycles. The number of rotatable bonds is 5. The monoisotopic (exact) mass is 378 g/mol. The number of nitrogens with one attached hydrogen (secondary N) is 1. The van der Waals surface area contributed by atoms with Gasteiger partial charge in [-0.05, 0) is 60.9 Å². The first kappa shape index (κ1) is 18.9. The van der Waals surface area contributed by atoms with E-state index < -0.39 is 0 Å². The van der Waals surface area contributed by atoms with Gasteiger partial charge >= 0.3 is 6.09 Å². The number of anilines is 2. The summed E-state index contributed by atoms with van der Waals surface area (Å²) in [5.74, 6) is 0.376. The van der Waals surface area contributed by atoms with Gasteiger partial charge < -0.3 is 9.64 Å².